The van der Waals surface area contributed by atoms with Gasteiger partial charge in [-0.05, 0) is 143 Å². The lowest BCUT2D eigenvalue weighted by atomic mass is 9.93. The Labute approximate surface area is 605 Å². The summed E-state index contributed by atoms with van der Waals surface area (Å²) >= 11 is 0. The van der Waals surface area contributed by atoms with Crippen molar-refractivity contribution in [1.29, 1.82) is 31.6 Å². The molecule has 18 nitrogen and oxygen atoms in total. The lowest BCUT2D eigenvalue weighted by Crippen LogP contribution is -2.04. The van der Waals surface area contributed by atoms with E-state index in [4.69, 9.17) is 61.0 Å². The molecular formula is C88H36N18. The van der Waals surface area contributed by atoms with Crippen molar-refractivity contribution in [3.8, 4) is 138 Å². The molecule has 0 aliphatic carbocycles. The van der Waals surface area contributed by atoms with E-state index in [0.717, 1.165) is 11.1 Å². The van der Waals surface area contributed by atoms with Gasteiger partial charge in [0.1, 0.15) is 0 Å². The number of fused-ring (bicyclic) bond motifs is 6. The third kappa shape index (κ3) is 10.8. The van der Waals surface area contributed by atoms with Crippen molar-refractivity contribution in [3.05, 3.63) is 332 Å². The minimum atomic E-state index is 0.0673. The highest BCUT2D eigenvalue weighted by atomic mass is 15.0. The van der Waals surface area contributed by atoms with Crippen molar-refractivity contribution < 1.29 is 0 Å². The Morgan fingerprint density at radius 2 is 0.632 bits per heavy atom. The Morgan fingerprint density at radius 1 is 0.264 bits per heavy atom. The fourth-order valence-electron chi connectivity index (χ4n) is 13.9. The molecule has 3 aromatic heterocycles. The minimum Gasteiger partial charge on any atom is -0.309 e. The maximum Gasteiger partial charge on any atom is 0.197 e. The topological polar surface area (TPSA) is 222 Å². The zero-order valence-corrected chi connectivity index (χ0v) is 54.8. The number of nitrogens with zero attached hydrogens (tertiary/aromatic N) is 18. The molecule has 0 atom stereocenters. The molecule has 3 heterocycles. The molecule has 106 heavy (non-hydrogen) atoms. The third-order valence-corrected chi connectivity index (χ3v) is 18.4. The van der Waals surface area contributed by atoms with Gasteiger partial charge < -0.3 is 9.13 Å². The van der Waals surface area contributed by atoms with Crippen LogP contribution in [0.15, 0.2) is 218 Å². The van der Waals surface area contributed by atoms with Crippen LogP contribution in [0.3, 0.4) is 0 Å². The molecule has 478 valence electrons. The Bertz CT molecular complexity index is 6560. The van der Waals surface area contributed by atoms with Crippen LogP contribution in [0.2, 0.25) is 0 Å². The Morgan fingerprint density at radius 3 is 1.07 bits per heavy atom. The van der Waals surface area contributed by atoms with Gasteiger partial charge in [0.2, 0.25) is 0 Å². The van der Waals surface area contributed by atoms with Crippen molar-refractivity contribution in [3.63, 3.8) is 0 Å². The van der Waals surface area contributed by atoms with Crippen molar-refractivity contribution >= 4 is 83.4 Å². The highest BCUT2D eigenvalue weighted by Gasteiger charge is 2.27. The van der Waals surface area contributed by atoms with Gasteiger partial charge in [-0.1, -0.05) is 109 Å². The average Bonchev–Trinajstić information content (AvgIpc) is 1.56. The van der Waals surface area contributed by atoms with E-state index < -0.39 is 0 Å². The summed E-state index contributed by atoms with van der Waals surface area (Å²) in [5.74, 6) is 1.06. The smallest absolute Gasteiger partial charge is 0.197 e. The molecule has 0 radical (unpaired) electrons. The zero-order valence-electron chi connectivity index (χ0n) is 54.8. The van der Waals surface area contributed by atoms with Crippen LogP contribution in [0, 0.1) is 114 Å². The van der Waals surface area contributed by atoms with E-state index in [1.807, 2.05) is 143 Å². The van der Waals surface area contributed by atoms with Gasteiger partial charge in [-0.25, -0.2) is 48.9 Å². The van der Waals surface area contributed by atoms with Crippen molar-refractivity contribution in [2.45, 2.75) is 0 Å². The van der Waals surface area contributed by atoms with Gasteiger partial charge in [0.25, 0.3) is 0 Å². The van der Waals surface area contributed by atoms with Crippen LogP contribution in [-0.2, 0) is 0 Å². The van der Waals surface area contributed by atoms with Crippen molar-refractivity contribution in [1.82, 2.24) is 24.1 Å². The molecule has 0 unspecified atom stereocenters. The molecule has 0 saturated heterocycles. The van der Waals surface area contributed by atoms with Crippen LogP contribution in [0.5, 0.6) is 0 Å². The van der Waals surface area contributed by atoms with E-state index in [2.05, 4.69) is 70.3 Å². The second kappa shape index (κ2) is 26.5. The molecule has 0 bridgehead atoms. The lowest BCUT2D eigenvalue weighted by Gasteiger charge is -2.20. The Hall–Kier alpha value is -17.4. The lowest BCUT2D eigenvalue weighted by molar-refractivity contribution is 1.07. The second-order valence-corrected chi connectivity index (χ2v) is 24.1. The maximum atomic E-state index is 10.7. The monoisotopic (exact) mass is 1340 g/mol. The number of benzene rings is 12. The molecule has 0 aliphatic heterocycles. The first-order valence-electron chi connectivity index (χ1n) is 32.0. The SMILES string of the molecule is [C-]#[N+]c1cc(C#N)c(-c2ccc3c(c2)c2cc(-c4c(C#N)cc([N+]#[C-])cc4[N+]#[C-])ccc2n3-c2cc(-c3nc(-c4ccccc4)nc(-c4ccccc4)n3)ccc2-c2cc([N+]#[C-])ccc2-n2c3ccc(-c4c(C#N)cc(C#N)cc4[N+]#[C-])cc3c3cc(-c4c([N+]#[C-])cc(C#N)cc4[N+]#[C-])ccc32)c(C#N)c1. The standard InChI is InChI=1S/C88H36N18/c1-95-63-23-29-80(105-76-26-20-55(83-59(46-91)30-50(44-89)31-72(83)98-4)38-68(76)70-40-57(22-28-77(70)105)85-73(99-5)32-51(45-90)33-74(85)100-6)71(42-63)66-24-18-58(88-103-86(52-14-10-8-11-15-52)102-87(104-88)53-16-12-9-13-17-53)41-81(66)106-78-25-19-54(82-60(47-92)34-64(96-2)35-61(82)48-93)37-67(78)69-39-56(21-27-79(69)106)84-62(49-94)36-65(97-3)43-75(84)101-7/h8-43H. The highest BCUT2D eigenvalue weighted by molar-refractivity contribution is 6.15. The average molecular weight is 1350 g/mol. The number of aromatic nitrogens is 5. The second-order valence-electron chi connectivity index (χ2n) is 24.1. The summed E-state index contributed by atoms with van der Waals surface area (Å²) in [5, 5.41) is 65.2. The van der Waals surface area contributed by atoms with Gasteiger partial charge in [-0.2, -0.15) is 31.6 Å². The van der Waals surface area contributed by atoms with Gasteiger partial charge >= 0.3 is 0 Å². The van der Waals surface area contributed by atoms with Gasteiger partial charge in [-0.3, -0.25) is 0 Å². The number of hydrogen-bond acceptors (Lipinski definition) is 9. The summed E-state index contributed by atoms with van der Waals surface area (Å²) in [5.41, 5.74) is 10.8. The van der Waals surface area contributed by atoms with E-state index in [9.17, 15) is 31.6 Å². The quantitative estimate of drug-likeness (QED) is 0.119. The van der Waals surface area contributed by atoms with E-state index in [1.165, 1.54) is 48.5 Å². The first-order chi connectivity index (χ1) is 51.9. The molecule has 0 N–H and O–H groups in total. The van der Waals surface area contributed by atoms with Crippen LogP contribution in [-0.4, -0.2) is 24.1 Å². The Balaban J connectivity index is 1.08. The summed E-state index contributed by atoms with van der Waals surface area (Å²) in [7, 11) is 0. The van der Waals surface area contributed by atoms with Crippen LogP contribution in [0.25, 0.3) is 179 Å². The van der Waals surface area contributed by atoms with Crippen LogP contribution in [0.4, 0.5) is 39.8 Å². The number of rotatable bonds is 10. The molecule has 15 rings (SSSR count). The molecule has 0 fully saturated rings. The van der Waals surface area contributed by atoms with E-state index in [-0.39, 0.29) is 90.1 Å². The summed E-state index contributed by atoms with van der Waals surface area (Å²) in [6, 6.07) is 76.6. The third-order valence-electron chi connectivity index (χ3n) is 18.4. The Kier molecular flexibility index (Phi) is 16.1. The van der Waals surface area contributed by atoms with E-state index in [1.54, 1.807) is 36.4 Å². The molecule has 18 heteroatoms. The molecule has 0 spiro atoms. The fourth-order valence-corrected chi connectivity index (χ4v) is 13.9. The van der Waals surface area contributed by atoms with Crippen LogP contribution >= 0.6 is 0 Å². The summed E-state index contributed by atoms with van der Waals surface area (Å²) in [6.07, 6.45) is 0. The molecule has 0 amide bonds. The number of hydrogen-bond donors (Lipinski definition) is 0. The van der Waals surface area contributed by atoms with E-state index >= 15 is 0 Å². The minimum absolute atomic E-state index is 0.0673. The zero-order chi connectivity index (χ0) is 73.4. The van der Waals surface area contributed by atoms with Crippen LogP contribution < -0.4 is 0 Å². The molecule has 12 aromatic carbocycles. The van der Waals surface area contributed by atoms with Gasteiger partial charge in [-0.15, -0.1) is 0 Å². The van der Waals surface area contributed by atoms with Crippen LogP contribution in [0.1, 0.15) is 33.4 Å². The van der Waals surface area contributed by atoms with E-state index in [0.29, 0.717) is 117 Å². The molecule has 0 saturated carbocycles. The van der Waals surface area contributed by atoms with Gasteiger partial charge in [0.15, 0.2) is 57.3 Å². The summed E-state index contributed by atoms with van der Waals surface area (Å²) in [6.45, 7) is 57.5. The van der Waals surface area contributed by atoms with Gasteiger partial charge in [0, 0.05) is 77.2 Å². The van der Waals surface area contributed by atoms with Gasteiger partial charge in [0.05, 0.1) is 133 Å². The predicted octanol–water partition coefficient (Wildman–Crippen LogP) is 22.5. The molecular weight excluding hydrogens is 1310 g/mol. The first-order valence-corrected chi connectivity index (χ1v) is 32.0. The van der Waals surface area contributed by atoms with Crippen molar-refractivity contribution in [2.75, 3.05) is 0 Å². The first kappa shape index (κ1) is 64.6. The predicted molar refractivity (Wildman–Crippen MR) is 404 cm³/mol. The number of nitriles is 6. The molecule has 0 aliphatic rings. The highest BCUT2D eigenvalue weighted by Crippen LogP contribution is 2.50. The van der Waals surface area contributed by atoms with Crippen molar-refractivity contribution in [2.24, 2.45) is 0 Å². The summed E-state index contributed by atoms with van der Waals surface area (Å²) in [4.78, 5) is 41.8. The summed E-state index contributed by atoms with van der Waals surface area (Å²) < 4.78 is 4.06. The maximum absolute atomic E-state index is 10.7. The largest absolute Gasteiger partial charge is 0.309 e. The molecule has 15 aromatic rings. The normalized spacial score (nSPS) is 10.5. The fraction of sp³-hybridized carbons (Fsp3) is 0.